The number of anilines is 3. The summed E-state index contributed by atoms with van der Waals surface area (Å²) in [5.41, 5.74) is 5.10. The number of aromatic nitrogens is 2. The van der Waals surface area contributed by atoms with Crippen molar-refractivity contribution in [2.75, 3.05) is 80.7 Å². The van der Waals surface area contributed by atoms with Gasteiger partial charge in [0.2, 0.25) is 5.91 Å². The molecule has 3 aliphatic heterocycles. The number of hydrogen-bond donors (Lipinski definition) is 1. The van der Waals surface area contributed by atoms with Crippen molar-refractivity contribution in [3.05, 3.63) is 54.5 Å². The Balaban J connectivity index is 1.05. The predicted molar refractivity (Wildman–Crippen MR) is 156 cm³/mol. The number of carbonyl (C=O) groups excluding carboxylic acids is 2. The Morgan fingerprint density at radius 2 is 1.48 bits per heavy atom. The molecule has 40 heavy (non-hydrogen) atoms. The number of rotatable bonds is 4. The maximum atomic E-state index is 13.0. The van der Waals surface area contributed by atoms with Crippen molar-refractivity contribution >= 4 is 39.9 Å². The number of morpholine rings is 1. The average molecular weight is 544 g/mol. The first-order valence-corrected chi connectivity index (χ1v) is 14.3. The van der Waals surface area contributed by atoms with E-state index >= 15 is 0 Å². The molecular formula is C30H37N7O3. The first-order chi connectivity index (χ1) is 19.5. The highest BCUT2D eigenvalue weighted by Gasteiger charge is 2.27. The second-order valence-corrected chi connectivity index (χ2v) is 10.8. The van der Waals surface area contributed by atoms with Gasteiger partial charge in [-0.3, -0.25) is 4.79 Å². The molecular weight excluding hydrogens is 506 g/mol. The van der Waals surface area contributed by atoms with E-state index in [1.165, 1.54) is 0 Å². The molecule has 3 amide bonds. The number of nitrogens with zero attached hydrogens (tertiary/aromatic N) is 6. The molecule has 3 saturated heterocycles. The van der Waals surface area contributed by atoms with E-state index in [4.69, 9.17) is 4.74 Å². The fraction of sp³-hybridized carbons (Fsp3) is 0.467. The Morgan fingerprint density at radius 1 is 0.800 bits per heavy atom. The Labute approximate surface area is 234 Å². The molecule has 1 aromatic heterocycles. The minimum absolute atomic E-state index is 0.0559. The molecule has 0 unspecified atom stereocenters. The molecule has 0 bridgehead atoms. The lowest BCUT2D eigenvalue weighted by molar-refractivity contribution is -0.129. The Bertz CT molecular complexity index is 1340. The van der Waals surface area contributed by atoms with Gasteiger partial charge in [0.05, 0.1) is 24.4 Å². The van der Waals surface area contributed by atoms with Gasteiger partial charge in [-0.25, -0.2) is 14.8 Å². The summed E-state index contributed by atoms with van der Waals surface area (Å²) in [6.45, 7) is 9.42. The first-order valence-electron chi connectivity index (χ1n) is 14.3. The molecule has 3 fully saturated rings. The third kappa shape index (κ3) is 5.67. The topological polar surface area (TPSA) is 94.1 Å². The van der Waals surface area contributed by atoms with Gasteiger partial charge in [-0.05, 0) is 55.3 Å². The number of amides is 3. The highest BCUT2D eigenvalue weighted by molar-refractivity contribution is 5.90. The van der Waals surface area contributed by atoms with Crippen molar-refractivity contribution in [1.29, 1.82) is 0 Å². The van der Waals surface area contributed by atoms with Crippen molar-refractivity contribution in [2.24, 2.45) is 0 Å². The molecule has 0 saturated carbocycles. The minimum Gasteiger partial charge on any atom is -0.378 e. The van der Waals surface area contributed by atoms with Crippen molar-refractivity contribution < 1.29 is 14.3 Å². The number of fused-ring (bicyclic) bond motifs is 1. The summed E-state index contributed by atoms with van der Waals surface area (Å²) in [5, 5.41) is 4.14. The summed E-state index contributed by atoms with van der Waals surface area (Å²) in [4.78, 5) is 42.3. The van der Waals surface area contributed by atoms with Crippen LogP contribution >= 0.6 is 0 Å². The molecule has 0 radical (unpaired) electrons. The summed E-state index contributed by atoms with van der Waals surface area (Å²) in [6.07, 6.45) is 3.39. The maximum absolute atomic E-state index is 13.0. The second-order valence-electron chi connectivity index (χ2n) is 10.8. The van der Waals surface area contributed by atoms with E-state index in [9.17, 15) is 9.59 Å². The molecule has 1 N–H and O–H groups in total. The summed E-state index contributed by atoms with van der Waals surface area (Å²) >= 11 is 0. The summed E-state index contributed by atoms with van der Waals surface area (Å²) in [6, 6.07) is 14.4. The van der Waals surface area contributed by atoms with Gasteiger partial charge in [-0.2, -0.15) is 0 Å². The van der Waals surface area contributed by atoms with Crippen LogP contribution in [0.15, 0.2) is 48.8 Å². The van der Waals surface area contributed by atoms with Crippen LogP contribution in [0.3, 0.4) is 0 Å². The standard InChI is InChI=1S/C30H37N7O3/c1-22(38)34-12-14-35(15-13-34)26-6-7-27-28(20-26)31-21-32-29(27)23-8-10-37(11-9-23)30(39)33-24-2-4-25(5-3-24)36-16-18-40-19-17-36/h2-7,20-21,23H,8-19H2,1H3,(H,33,39). The zero-order valence-electron chi connectivity index (χ0n) is 23.1. The second kappa shape index (κ2) is 11.7. The number of hydrogen-bond acceptors (Lipinski definition) is 7. The van der Waals surface area contributed by atoms with Crippen molar-refractivity contribution in [3.8, 4) is 0 Å². The van der Waals surface area contributed by atoms with Gasteiger partial charge in [-0.1, -0.05) is 0 Å². The van der Waals surface area contributed by atoms with Gasteiger partial charge in [-0.15, -0.1) is 0 Å². The monoisotopic (exact) mass is 543 g/mol. The highest BCUT2D eigenvalue weighted by atomic mass is 16.5. The lowest BCUT2D eigenvalue weighted by Gasteiger charge is -2.35. The third-order valence-corrected chi connectivity index (χ3v) is 8.40. The SMILES string of the molecule is CC(=O)N1CCN(c2ccc3c(C4CCN(C(=O)Nc5ccc(N6CCOCC6)cc5)CC4)ncnc3c2)CC1. The summed E-state index contributed by atoms with van der Waals surface area (Å²) < 4.78 is 5.44. The summed E-state index contributed by atoms with van der Waals surface area (Å²) in [7, 11) is 0. The van der Waals surface area contributed by atoms with Crippen LogP contribution in [0, 0.1) is 0 Å². The van der Waals surface area contributed by atoms with Gasteiger partial charge >= 0.3 is 6.03 Å². The van der Waals surface area contributed by atoms with E-state index in [1.54, 1.807) is 13.3 Å². The van der Waals surface area contributed by atoms with Crippen LogP contribution in [-0.2, 0) is 9.53 Å². The number of nitrogens with one attached hydrogen (secondary N) is 1. The van der Waals surface area contributed by atoms with Crippen LogP contribution in [-0.4, -0.2) is 97.3 Å². The Kier molecular flexibility index (Phi) is 7.68. The summed E-state index contributed by atoms with van der Waals surface area (Å²) in [5.74, 6) is 0.421. The van der Waals surface area contributed by atoms with Crippen LogP contribution in [0.25, 0.3) is 10.9 Å². The van der Waals surface area contributed by atoms with Crippen molar-refractivity contribution in [1.82, 2.24) is 19.8 Å². The number of benzene rings is 2. The largest absolute Gasteiger partial charge is 0.378 e. The average Bonchev–Trinajstić information content (AvgIpc) is 3.01. The zero-order valence-corrected chi connectivity index (χ0v) is 23.1. The number of carbonyl (C=O) groups is 2. The zero-order chi connectivity index (χ0) is 27.5. The molecule has 0 spiro atoms. The van der Waals surface area contributed by atoms with Crippen LogP contribution in [0.1, 0.15) is 31.4 Å². The van der Waals surface area contributed by atoms with E-state index in [2.05, 4.69) is 55.4 Å². The molecule has 6 rings (SSSR count). The van der Waals surface area contributed by atoms with Gasteiger partial charge in [0, 0.05) is 87.6 Å². The third-order valence-electron chi connectivity index (χ3n) is 8.40. The van der Waals surface area contributed by atoms with Gasteiger partial charge in [0.1, 0.15) is 6.33 Å². The van der Waals surface area contributed by atoms with Crippen molar-refractivity contribution in [2.45, 2.75) is 25.7 Å². The Hall–Kier alpha value is -3.92. The number of likely N-dealkylation sites (tertiary alicyclic amines) is 1. The van der Waals surface area contributed by atoms with E-state index in [1.807, 2.05) is 21.9 Å². The number of urea groups is 1. The van der Waals surface area contributed by atoms with E-state index in [0.29, 0.717) is 13.1 Å². The van der Waals surface area contributed by atoms with Crippen LogP contribution in [0.4, 0.5) is 21.9 Å². The molecule has 4 heterocycles. The highest BCUT2D eigenvalue weighted by Crippen LogP contribution is 2.33. The fourth-order valence-electron chi connectivity index (χ4n) is 6.00. The molecule has 210 valence electrons. The van der Waals surface area contributed by atoms with Crippen LogP contribution in [0.2, 0.25) is 0 Å². The fourth-order valence-corrected chi connectivity index (χ4v) is 6.00. The van der Waals surface area contributed by atoms with Gasteiger partial charge < -0.3 is 29.7 Å². The lowest BCUT2D eigenvalue weighted by atomic mass is 9.91. The van der Waals surface area contributed by atoms with Crippen molar-refractivity contribution in [3.63, 3.8) is 0 Å². The first kappa shape index (κ1) is 26.3. The van der Waals surface area contributed by atoms with E-state index < -0.39 is 0 Å². The van der Waals surface area contributed by atoms with E-state index in [0.717, 1.165) is 99.0 Å². The normalized spacial score (nSPS) is 18.7. The molecule has 0 aliphatic carbocycles. The minimum atomic E-state index is -0.0559. The van der Waals surface area contributed by atoms with Gasteiger partial charge in [0.25, 0.3) is 0 Å². The number of piperidine rings is 1. The molecule has 3 aromatic rings. The molecule has 2 aromatic carbocycles. The molecule has 0 atom stereocenters. The Morgan fingerprint density at radius 3 is 2.17 bits per heavy atom. The molecule has 10 nitrogen and oxygen atoms in total. The van der Waals surface area contributed by atoms with Crippen LogP contribution < -0.4 is 15.1 Å². The lowest BCUT2D eigenvalue weighted by Crippen LogP contribution is -2.48. The van der Waals surface area contributed by atoms with Gasteiger partial charge in [0.15, 0.2) is 0 Å². The smallest absolute Gasteiger partial charge is 0.321 e. The molecule has 10 heteroatoms. The number of ether oxygens (including phenoxy) is 1. The number of piperazine rings is 1. The molecule has 3 aliphatic rings. The van der Waals surface area contributed by atoms with Crippen LogP contribution in [0.5, 0.6) is 0 Å². The van der Waals surface area contributed by atoms with E-state index in [-0.39, 0.29) is 17.9 Å². The maximum Gasteiger partial charge on any atom is 0.321 e. The quantitative estimate of drug-likeness (QED) is 0.538. The predicted octanol–water partition coefficient (Wildman–Crippen LogP) is 3.55.